The molecule has 1 saturated heterocycles. The molecule has 21 heavy (non-hydrogen) atoms. The first kappa shape index (κ1) is 18.3. The van der Waals surface area contributed by atoms with E-state index in [4.69, 9.17) is 4.99 Å². The topological polar surface area (TPSA) is 45.5 Å². The molecule has 1 aliphatic heterocycles. The van der Waals surface area contributed by atoms with Crippen molar-refractivity contribution in [3.8, 4) is 0 Å². The maximum atomic E-state index is 4.75. The number of likely N-dealkylation sites (tertiary alicyclic amines) is 1. The van der Waals surface area contributed by atoms with Crippen molar-refractivity contribution in [2.75, 3.05) is 19.6 Å². The molecule has 0 radical (unpaired) electrons. The second kappa shape index (κ2) is 6.98. The molecule has 2 heterocycles. The average Bonchev–Trinajstić information content (AvgIpc) is 2.88. The maximum Gasteiger partial charge on any atom is 0.194 e. The van der Waals surface area contributed by atoms with Gasteiger partial charge in [0.1, 0.15) is 0 Å². The Labute approximate surface area is 145 Å². The van der Waals surface area contributed by atoms with Gasteiger partial charge in [-0.25, -0.2) is 4.98 Å². The van der Waals surface area contributed by atoms with Crippen LogP contribution in [0.4, 0.5) is 0 Å². The minimum atomic E-state index is 0. The van der Waals surface area contributed by atoms with Crippen molar-refractivity contribution in [3.05, 3.63) is 18.7 Å². The molecule has 0 aromatic carbocycles. The minimum absolute atomic E-state index is 0. The quantitative estimate of drug-likeness (QED) is 0.476. The molecule has 1 aromatic rings. The van der Waals surface area contributed by atoms with Gasteiger partial charge in [0.15, 0.2) is 5.96 Å². The fourth-order valence-electron chi connectivity index (χ4n) is 2.49. The van der Waals surface area contributed by atoms with E-state index in [2.05, 4.69) is 54.4 Å². The highest BCUT2D eigenvalue weighted by Crippen LogP contribution is 2.46. The molecule has 0 aliphatic carbocycles. The number of imidazole rings is 1. The van der Waals surface area contributed by atoms with Crippen LogP contribution in [0.3, 0.4) is 0 Å². The first-order valence-electron chi connectivity index (χ1n) is 7.40. The number of nitrogens with one attached hydrogen (secondary N) is 1. The van der Waals surface area contributed by atoms with Crippen LogP contribution in [0.2, 0.25) is 0 Å². The maximum absolute atomic E-state index is 4.75. The van der Waals surface area contributed by atoms with Gasteiger partial charge in [-0.15, -0.1) is 24.0 Å². The van der Waals surface area contributed by atoms with Gasteiger partial charge in [-0.1, -0.05) is 13.8 Å². The van der Waals surface area contributed by atoms with Crippen LogP contribution in [0.5, 0.6) is 0 Å². The van der Waals surface area contributed by atoms with Gasteiger partial charge >= 0.3 is 0 Å². The third-order valence-corrected chi connectivity index (χ3v) is 4.65. The normalized spacial score (nSPS) is 19.7. The molecular weight excluding hydrogens is 377 g/mol. The summed E-state index contributed by atoms with van der Waals surface area (Å²) in [5.74, 6) is 1.02. The number of guanidine groups is 1. The molecular formula is C15H28IN5. The first-order valence-corrected chi connectivity index (χ1v) is 7.40. The first-order chi connectivity index (χ1) is 9.38. The van der Waals surface area contributed by atoms with E-state index in [1.807, 2.05) is 12.5 Å². The fourth-order valence-corrected chi connectivity index (χ4v) is 2.49. The zero-order valence-corrected chi connectivity index (χ0v) is 16.1. The number of halogens is 1. The Morgan fingerprint density at radius 3 is 2.52 bits per heavy atom. The second-order valence-corrected chi connectivity index (χ2v) is 6.57. The van der Waals surface area contributed by atoms with Gasteiger partial charge in [0.25, 0.3) is 0 Å². The number of aliphatic imine (C=N–C) groups is 1. The molecule has 6 heteroatoms. The Morgan fingerprint density at radius 2 is 2.05 bits per heavy atom. The largest absolute Gasteiger partial charge is 0.356 e. The number of hydrogen-bond donors (Lipinski definition) is 1. The van der Waals surface area contributed by atoms with Gasteiger partial charge in [-0.2, -0.15) is 0 Å². The van der Waals surface area contributed by atoms with Crippen LogP contribution in [0, 0.1) is 5.41 Å². The summed E-state index contributed by atoms with van der Waals surface area (Å²) >= 11 is 0. The second-order valence-electron chi connectivity index (χ2n) is 6.57. The van der Waals surface area contributed by atoms with Gasteiger partial charge < -0.3 is 14.8 Å². The predicted octanol–water partition coefficient (Wildman–Crippen LogP) is 2.59. The summed E-state index contributed by atoms with van der Waals surface area (Å²) in [6, 6.07) is 0. The molecule has 0 spiro atoms. The molecule has 120 valence electrons. The smallest absolute Gasteiger partial charge is 0.194 e. The highest BCUT2D eigenvalue weighted by Gasteiger charge is 2.53. The van der Waals surface area contributed by atoms with E-state index in [-0.39, 0.29) is 29.5 Å². The summed E-state index contributed by atoms with van der Waals surface area (Å²) in [4.78, 5) is 11.2. The van der Waals surface area contributed by atoms with E-state index < -0.39 is 0 Å². The lowest BCUT2D eigenvalue weighted by atomic mass is 9.65. The van der Waals surface area contributed by atoms with Crippen molar-refractivity contribution in [1.82, 2.24) is 19.8 Å². The van der Waals surface area contributed by atoms with Crippen molar-refractivity contribution >= 4 is 29.9 Å². The number of aromatic nitrogens is 2. The molecule has 1 aromatic heterocycles. The lowest BCUT2D eigenvalue weighted by molar-refractivity contribution is -0.0667. The summed E-state index contributed by atoms with van der Waals surface area (Å²) in [7, 11) is 0. The van der Waals surface area contributed by atoms with E-state index in [1.54, 1.807) is 6.20 Å². The van der Waals surface area contributed by atoms with E-state index in [9.17, 15) is 0 Å². The molecule has 0 unspecified atom stereocenters. The number of rotatable bonds is 4. The summed E-state index contributed by atoms with van der Waals surface area (Å²) in [6.45, 7) is 14.9. The van der Waals surface area contributed by atoms with Crippen LogP contribution in [0.15, 0.2) is 23.7 Å². The number of hydrogen-bond acceptors (Lipinski definition) is 2. The lowest BCUT2D eigenvalue weighted by Crippen LogP contribution is -2.72. The Balaban J connectivity index is 0.00000220. The van der Waals surface area contributed by atoms with E-state index >= 15 is 0 Å². The SMILES string of the molecule is CCNC(=NCCn1ccnc1)N1CC(C)(C)C1(C)C.I. The summed E-state index contributed by atoms with van der Waals surface area (Å²) < 4.78 is 2.05. The van der Waals surface area contributed by atoms with Crippen LogP contribution in [-0.4, -0.2) is 45.6 Å². The van der Waals surface area contributed by atoms with Gasteiger partial charge in [-0.05, 0) is 20.8 Å². The zero-order chi connectivity index (χ0) is 14.8. The van der Waals surface area contributed by atoms with E-state index in [1.165, 1.54) is 0 Å². The Kier molecular flexibility index (Phi) is 6.07. The molecule has 0 saturated carbocycles. The van der Waals surface area contributed by atoms with Crippen LogP contribution >= 0.6 is 24.0 Å². The fraction of sp³-hybridized carbons (Fsp3) is 0.733. The van der Waals surface area contributed by atoms with Gasteiger partial charge in [0, 0.05) is 43.0 Å². The molecule has 2 rings (SSSR count). The van der Waals surface area contributed by atoms with Crippen LogP contribution in [-0.2, 0) is 6.54 Å². The zero-order valence-electron chi connectivity index (χ0n) is 13.8. The van der Waals surface area contributed by atoms with Crippen LogP contribution in [0.1, 0.15) is 34.6 Å². The van der Waals surface area contributed by atoms with Crippen molar-refractivity contribution in [2.24, 2.45) is 10.4 Å². The molecule has 0 bridgehead atoms. The van der Waals surface area contributed by atoms with Crippen molar-refractivity contribution < 1.29 is 0 Å². The Hall–Kier alpha value is -0.790. The molecule has 5 nitrogen and oxygen atoms in total. The predicted molar refractivity (Wildman–Crippen MR) is 98.2 cm³/mol. The third kappa shape index (κ3) is 3.70. The van der Waals surface area contributed by atoms with Crippen molar-refractivity contribution in [3.63, 3.8) is 0 Å². The summed E-state index contributed by atoms with van der Waals surface area (Å²) in [5, 5.41) is 3.41. The van der Waals surface area contributed by atoms with Gasteiger partial charge in [0.2, 0.25) is 0 Å². The standard InChI is InChI=1S/C15H27N5.HI/c1-6-17-13(18-8-10-19-9-7-16-12-19)20-11-14(2,3)15(20,4)5;/h7,9,12H,6,8,10-11H2,1-5H3,(H,17,18);1H. The van der Waals surface area contributed by atoms with E-state index in [0.717, 1.165) is 32.1 Å². The van der Waals surface area contributed by atoms with Crippen LogP contribution in [0.25, 0.3) is 0 Å². The highest BCUT2D eigenvalue weighted by molar-refractivity contribution is 14.0. The van der Waals surface area contributed by atoms with Crippen LogP contribution < -0.4 is 5.32 Å². The summed E-state index contributed by atoms with van der Waals surface area (Å²) in [6.07, 6.45) is 5.61. The average molecular weight is 405 g/mol. The van der Waals surface area contributed by atoms with E-state index in [0.29, 0.717) is 5.41 Å². The number of nitrogens with zero attached hydrogens (tertiary/aromatic N) is 4. The Bertz CT molecular complexity index is 464. The Morgan fingerprint density at radius 1 is 1.33 bits per heavy atom. The highest BCUT2D eigenvalue weighted by atomic mass is 127. The van der Waals surface area contributed by atoms with Gasteiger partial charge in [-0.3, -0.25) is 4.99 Å². The lowest BCUT2D eigenvalue weighted by Gasteiger charge is -2.62. The molecule has 1 N–H and O–H groups in total. The summed E-state index contributed by atoms with van der Waals surface area (Å²) in [5.41, 5.74) is 0.469. The molecule has 1 fully saturated rings. The van der Waals surface area contributed by atoms with Crippen molar-refractivity contribution in [2.45, 2.75) is 46.7 Å². The third-order valence-electron chi connectivity index (χ3n) is 4.65. The monoisotopic (exact) mass is 405 g/mol. The molecule has 0 atom stereocenters. The molecule has 0 amide bonds. The van der Waals surface area contributed by atoms with Crippen molar-refractivity contribution in [1.29, 1.82) is 0 Å². The minimum Gasteiger partial charge on any atom is -0.356 e. The molecule has 1 aliphatic rings. The van der Waals surface area contributed by atoms with Gasteiger partial charge in [0.05, 0.1) is 12.9 Å².